The Bertz CT molecular complexity index is 453. The van der Waals surface area contributed by atoms with Crippen LogP contribution in [0.15, 0.2) is 18.3 Å². The standard InChI is InChI=1S/C15H24N4O2/c1-4-21-15(20)19-9-7-12(8-10-19)17-13-5-6-14(16-11-13)18(2)3/h5-6,11-12,17H,4,7-10H2,1-3H3. The second-order valence-electron chi connectivity index (χ2n) is 5.40. The van der Waals surface area contributed by atoms with Gasteiger partial charge < -0.3 is 19.9 Å². The van der Waals surface area contributed by atoms with Crippen LogP contribution in [-0.2, 0) is 4.74 Å². The van der Waals surface area contributed by atoms with Crippen molar-refractivity contribution in [2.75, 3.05) is 44.0 Å². The van der Waals surface area contributed by atoms with Crippen LogP contribution in [0.4, 0.5) is 16.3 Å². The van der Waals surface area contributed by atoms with Crippen LogP contribution in [0, 0.1) is 0 Å². The average molecular weight is 292 g/mol. The van der Waals surface area contributed by atoms with E-state index in [1.54, 1.807) is 4.90 Å². The van der Waals surface area contributed by atoms with Crippen molar-refractivity contribution >= 4 is 17.6 Å². The van der Waals surface area contributed by atoms with Crippen molar-refractivity contribution in [3.05, 3.63) is 18.3 Å². The first-order valence-corrected chi connectivity index (χ1v) is 7.41. The number of piperidine rings is 1. The second-order valence-corrected chi connectivity index (χ2v) is 5.40. The number of anilines is 2. The van der Waals surface area contributed by atoms with Gasteiger partial charge in [-0.25, -0.2) is 9.78 Å². The molecule has 1 aromatic heterocycles. The predicted octanol–water partition coefficient (Wildman–Crippen LogP) is 2.18. The number of amides is 1. The molecule has 1 N–H and O–H groups in total. The van der Waals surface area contributed by atoms with E-state index in [0.29, 0.717) is 12.6 Å². The molecule has 1 fully saturated rings. The molecule has 1 aliphatic rings. The third-order valence-corrected chi connectivity index (χ3v) is 3.60. The maximum absolute atomic E-state index is 11.6. The molecule has 0 atom stereocenters. The van der Waals surface area contributed by atoms with Crippen LogP contribution in [0.25, 0.3) is 0 Å². The Hall–Kier alpha value is -1.98. The zero-order chi connectivity index (χ0) is 15.2. The highest BCUT2D eigenvalue weighted by atomic mass is 16.6. The summed E-state index contributed by atoms with van der Waals surface area (Å²) in [5, 5.41) is 3.48. The fraction of sp³-hybridized carbons (Fsp3) is 0.600. The number of nitrogens with zero attached hydrogens (tertiary/aromatic N) is 3. The number of carbonyl (C=O) groups excluding carboxylic acids is 1. The number of likely N-dealkylation sites (tertiary alicyclic amines) is 1. The van der Waals surface area contributed by atoms with Crippen molar-refractivity contribution < 1.29 is 9.53 Å². The van der Waals surface area contributed by atoms with Crippen LogP contribution in [0.1, 0.15) is 19.8 Å². The molecular formula is C15H24N4O2. The van der Waals surface area contributed by atoms with Gasteiger partial charge in [0.15, 0.2) is 0 Å². The van der Waals surface area contributed by atoms with E-state index in [1.807, 2.05) is 44.2 Å². The summed E-state index contributed by atoms with van der Waals surface area (Å²) in [5.41, 5.74) is 1.02. The third-order valence-electron chi connectivity index (χ3n) is 3.60. The number of pyridine rings is 1. The van der Waals surface area contributed by atoms with Gasteiger partial charge in [0.1, 0.15) is 5.82 Å². The highest BCUT2D eigenvalue weighted by Gasteiger charge is 2.23. The molecule has 0 radical (unpaired) electrons. The summed E-state index contributed by atoms with van der Waals surface area (Å²) < 4.78 is 5.02. The minimum absolute atomic E-state index is 0.201. The zero-order valence-corrected chi connectivity index (χ0v) is 13.0. The highest BCUT2D eigenvalue weighted by molar-refractivity contribution is 5.67. The number of aromatic nitrogens is 1. The van der Waals surface area contributed by atoms with Crippen molar-refractivity contribution in [1.29, 1.82) is 0 Å². The number of carbonyl (C=O) groups is 1. The van der Waals surface area contributed by atoms with Gasteiger partial charge in [0.05, 0.1) is 18.5 Å². The molecule has 2 heterocycles. The van der Waals surface area contributed by atoms with Gasteiger partial charge in [-0.3, -0.25) is 0 Å². The predicted molar refractivity (Wildman–Crippen MR) is 83.8 cm³/mol. The zero-order valence-electron chi connectivity index (χ0n) is 13.0. The highest BCUT2D eigenvalue weighted by Crippen LogP contribution is 2.18. The summed E-state index contributed by atoms with van der Waals surface area (Å²) >= 11 is 0. The molecule has 1 saturated heterocycles. The van der Waals surface area contributed by atoms with Crippen molar-refractivity contribution in [3.8, 4) is 0 Å². The van der Waals surface area contributed by atoms with Crippen molar-refractivity contribution in [1.82, 2.24) is 9.88 Å². The smallest absolute Gasteiger partial charge is 0.409 e. The molecule has 6 nitrogen and oxygen atoms in total. The Morgan fingerprint density at radius 2 is 2.14 bits per heavy atom. The first kappa shape index (κ1) is 15.4. The van der Waals surface area contributed by atoms with Crippen LogP contribution in [-0.4, -0.2) is 55.8 Å². The molecule has 2 rings (SSSR count). The van der Waals surface area contributed by atoms with Gasteiger partial charge in [-0.15, -0.1) is 0 Å². The van der Waals surface area contributed by atoms with Gasteiger partial charge >= 0.3 is 6.09 Å². The Labute approximate surface area is 126 Å². The molecule has 1 aliphatic heterocycles. The van der Waals surface area contributed by atoms with Crippen molar-refractivity contribution in [2.45, 2.75) is 25.8 Å². The first-order chi connectivity index (χ1) is 10.1. The number of rotatable bonds is 4. The lowest BCUT2D eigenvalue weighted by atomic mass is 10.1. The quantitative estimate of drug-likeness (QED) is 0.922. The molecule has 0 unspecified atom stereocenters. The van der Waals surface area contributed by atoms with Gasteiger partial charge in [-0.1, -0.05) is 0 Å². The van der Waals surface area contributed by atoms with E-state index in [-0.39, 0.29) is 6.09 Å². The van der Waals surface area contributed by atoms with Crippen molar-refractivity contribution in [3.63, 3.8) is 0 Å². The fourth-order valence-electron chi connectivity index (χ4n) is 2.39. The lowest BCUT2D eigenvalue weighted by molar-refractivity contribution is 0.0983. The van der Waals surface area contributed by atoms with Gasteiger partial charge in [0, 0.05) is 33.2 Å². The summed E-state index contributed by atoms with van der Waals surface area (Å²) in [6.07, 6.45) is 3.50. The first-order valence-electron chi connectivity index (χ1n) is 7.41. The molecule has 0 bridgehead atoms. The summed E-state index contributed by atoms with van der Waals surface area (Å²) in [6, 6.07) is 4.42. The molecule has 0 spiro atoms. The van der Waals surface area contributed by atoms with Crippen LogP contribution in [0.3, 0.4) is 0 Å². The number of ether oxygens (including phenoxy) is 1. The number of hydrogen-bond acceptors (Lipinski definition) is 5. The summed E-state index contributed by atoms with van der Waals surface area (Å²) in [5.74, 6) is 0.942. The van der Waals surface area contributed by atoms with Crippen molar-refractivity contribution in [2.24, 2.45) is 0 Å². The van der Waals surface area contributed by atoms with E-state index >= 15 is 0 Å². The van der Waals surface area contributed by atoms with Crippen LogP contribution < -0.4 is 10.2 Å². The Morgan fingerprint density at radius 1 is 1.43 bits per heavy atom. The molecule has 21 heavy (non-hydrogen) atoms. The van der Waals surface area contributed by atoms with Gasteiger partial charge in [-0.05, 0) is 31.9 Å². The number of hydrogen-bond donors (Lipinski definition) is 1. The Balaban J connectivity index is 1.82. The molecule has 1 amide bonds. The summed E-state index contributed by atoms with van der Waals surface area (Å²) in [7, 11) is 3.95. The van der Waals surface area contributed by atoms with E-state index in [1.165, 1.54) is 0 Å². The molecular weight excluding hydrogens is 268 g/mol. The van der Waals surface area contributed by atoms with Crippen LogP contribution in [0.2, 0.25) is 0 Å². The summed E-state index contributed by atoms with van der Waals surface area (Å²) in [6.45, 7) is 3.73. The molecule has 116 valence electrons. The average Bonchev–Trinajstić information content (AvgIpc) is 2.49. The van der Waals surface area contributed by atoms with E-state index in [2.05, 4.69) is 10.3 Å². The largest absolute Gasteiger partial charge is 0.450 e. The van der Waals surface area contributed by atoms with Gasteiger partial charge in [0.2, 0.25) is 0 Å². The van der Waals surface area contributed by atoms with Crippen LogP contribution in [0.5, 0.6) is 0 Å². The molecule has 6 heteroatoms. The topological polar surface area (TPSA) is 57.7 Å². The Kier molecular flexibility index (Phi) is 5.25. The minimum atomic E-state index is -0.201. The fourth-order valence-corrected chi connectivity index (χ4v) is 2.39. The van der Waals surface area contributed by atoms with E-state index in [0.717, 1.165) is 37.4 Å². The molecule has 0 aliphatic carbocycles. The summed E-state index contributed by atoms with van der Waals surface area (Å²) in [4.78, 5) is 19.8. The molecule has 0 aromatic carbocycles. The monoisotopic (exact) mass is 292 g/mol. The van der Waals surface area contributed by atoms with Gasteiger partial charge in [0.25, 0.3) is 0 Å². The normalized spacial score (nSPS) is 15.7. The lowest BCUT2D eigenvalue weighted by Crippen LogP contribution is -2.42. The number of nitrogens with one attached hydrogen (secondary N) is 1. The van der Waals surface area contributed by atoms with Crippen LogP contribution >= 0.6 is 0 Å². The lowest BCUT2D eigenvalue weighted by Gasteiger charge is -2.32. The molecule has 1 aromatic rings. The molecule has 0 saturated carbocycles. The van der Waals surface area contributed by atoms with E-state index in [9.17, 15) is 4.79 Å². The van der Waals surface area contributed by atoms with E-state index < -0.39 is 0 Å². The SMILES string of the molecule is CCOC(=O)N1CCC(Nc2ccc(N(C)C)nc2)CC1. The minimum Gasteiger partial charge on any atom is -0.450 e. The van der Waals surface area contributed by atoms with Gasteiger partial charge in [-0.2, -0.15) is 0 Å². The third kappa shape index (κ3) is 4.24. The maximum atomic E-state index is 11.6. The maximum Gasteiger partial charge on any atom is 0.409 e. The Morgan fingerprint density at radius 3 is 2.67 bits per heavy atom. The second kappa shape index (κ2) is 7.15. The van der Waals surface area contributed by atoms with E-state index in [4.69, 9.17) is 4.74 Å².